The highest BCUT2D eigenvalue weighted by Crippen LogP contribution is 2.17. The minimum Gasteiger partial charge on any atom is -0.506 e. The van der Waals surface area contributed by atoms with Crippen molar-refractivity contribution in [1.82, 2.24) is 0 Å². The molecule has 22 heavy (non-hydrogen) atoms. The summed E-state index contributed by atoms with van der Waals surface area (Å²) in [5, 5.41) is 64.0. The third kappa shape index (κ3) is 3.84. The van der Waals surface area contributed by atoms with E-state index in [0.29, 0.717) is 0 Å². The first-order chi connectivity index (χ1) is 10.2. The van der Waals surface area contributed by atoms with Crippen LogP contribution in [0.3, 0.4) is 0 Å². The molecule has 11 nitrogen and oxygen atoms in total. The number of hydrogen-bond donors (Lipinski definition) is 7. The van der Waals surface area contributed by atoms with Crippen molar-refractivity contribution in [2.45, 2.75) is 30.5 Å². The largest absolute Gasteiger partial charge is 0.506 e. The Kier molecular flexibility index (Phi) is 6.08. The zero-order valence-corrected chi connectivity index (χ0v) is 11.1. The van der Waals surface area contributed by atoms with Crippen LogP contribution in [-0.2, 0) is 19.1 Å². The maximum absolute atomic E-state index is 11.4. The molecule has 0 unspecified atom stereocenters. The predicted molar refractivity (Wildman–Crippen MR) is 64.2 cm³/mol. The zero-order chi connectivity index (χ0) is 17.0. The number of aliphatic hydroxyl groups excluding tert-OH is 7. The van der Waals surface area contributed by atoms with Crippen molar-refractivity contribution in [3.63, 3.8) is 0 Å². The second kappa shape index (κ2) is 7.38. The molecule has 126 valence electrons. The molecule has 1 aliphatic rings. The lowest BCUT2D eigenvalue weighted by Gasteiger charge is -2.16. The van der Waals surface area contributed by atoms with Crippen LogP contribution in [0.1, 0.15) is 0 Å². The van der Waals surface area contributed by atoms with Gasteiger partial charge in [0.25, 0.3) is 0 Å². The molecule has 1 heterocycles. The average molecular weight is 324 g/mol. The fraction of sp³-hybridized carbons (Fsp3) is 0.636. The van der Waals surface area contributed by atoms with Gasteiger partial charge in [0.2, 0.25) is 5.76 Å². The van der Waals surface area contributed by atoms with Crippen molar-refractivity contribution in [1.29, 1.82) is 0 Å². The van der Waals surface area contributed by atoms with Gasteiger partial charge in [0, 0.05) is 0 Å². The maximum atomic E-state index is 11.4. The van der Waals surface area contributed by atoms with Crippen LogP contribution in [-0.4, -0.2) is 91.4 Å². The van der Waals surface area contributed by atoms with Gasteiger partial charge in [0.15, 0.2) is 18.0 Å². The number of aliphatic hydroxyl groups is 7. The molecule has 0 aromatic rings. The van der Waals surface area contributed by atoms with Gasteiger partial charge >= 0.3 is 11.9 Å². The summed E-state index contributed by atoms with van der Waals surface area (Å²) in [4.78, 5) is 22.3. The minimum atomic E-state index is -2.13. The number of cyclic esters (lactones) is 1. The summed E-state index contributed by atoms with van der Waals surface area (Å²) in [6.45, 7) is -1.69. The van der Waals surface area contributed by atoms with E-state index in [1.807, 2.05) is 0 Å². The van der Waals surface area contributed by atoms with E-state index in [9.17, 15) is 30.0 Å². The van der Waals surface area contributed by atoms with Crippen LogP contribution in [0.25, 0.3) is 0 Å². The van der Waals surface area contributed by atoms with E-state index >= 15 is 0 Å². The Hall–Kier alpha value is -1.92. The van der Waals surface area contributed by atoms with Crippen LogP contribution >= 0.6 is 0 Å². The van der Waals surface area contributed by atoms with E-state index in [4.69, 9.17) is 15.3 Å². The van der Waals surface area contributed by atoms with Crippen molar-refractivity contribution in [3.05, 3.63) is 11.5 Å². The number of ether oxygens (including phenoxy) is 2. The van der Waals surface area contributed by atoms with Crippen molar-refractivity contribution in [2.24, 2.45) is 0 Å². The summed E-state index contributed by atoms with van der Waals surface area (Å²) in [5.74, 6) is -5.45. The summed E-state index contributed by atoms with van der Waals surface area (Å²) < 4.78 is 8.91. The topological polar surface area (TPSA) is 194 Å². The molecule has 0 aliphatic carbocycles. The van der Waals surface area contributed by atoms with Gasteiger partial charge in [0.1, 0.15) is 24.9 Å². The Morgan fingerprint density at radius 1 is 1.27 bits per heavy atom. The molecular formula is C11H16O11. The lowest BCUT2D eigenvalue weighted by Crippen LogP contribution is -2.35. The molecular weight excluding hydrogens is 308 g/mol. The summed E-state index contributed by atoms with van der Waals surface area (Å²) in [5.41, 5.74) is 0. The van der Waals surface area contributed by atoms with Crippen molar-refractivity contribution < 1.29 is 54.8 Å². The number of carbonyl (C=O) groups is 2. The Morgan fingerprint density at radius 3 is 2.32 bits per heavy atom. The molecule has 0 aromatic carbocycles. The van der Waals surface area contributed by atoms with E-state index in [0.717, 1.165) is 0 Å². The first-order valence-corrected chi connectivity index (χ1v) is 6.03. The third-order valence-electron chi connectivity index (χ3n) is 2.86. The molecule has 5 atom stereocenters. The zero-order valence-electron chi connectivity index (χ0n) is 11.1. The number of carbonyl (C=O) groups excluding carboxylic acids is 2. The highest BCUT2D eigenvalue weighted by molar-refractivity contribution is 5.86. The Balaban J connectivity index is 2.63. The third-order valence-corrected chi connectivity index (χ3v) is 2.86. The van der Waals surface area contributed by atoms with Crippen LogP contribution in [0.4, 0.5) is 0 Å². The second-order valence-corrected chi connectivity index (χ2v) is 4.44. The van der Waals surface area contributed by atoms with Crippen LogP contribution in [0.15, 0.2) is 11.5 Å². The SMILES string of the molecule is O=C(OC[C@@H]1OC(=O)[C@H](O)[C@H]1O)/C(O)=C(/O)[C@H](O)[C@H](O)CO. The van der Waals surface area contributed by atoms with E-state index in [1.54, 1.807) is 0 Å². The fourth-order valence-electron chi connectivity index (χ4n) is 1.52. The standard InChI is InChI=1S/C11H16O11/c12-1-3(13)5(14)7(16)9(18)10(19)21-2-4-6(15)8(17)11(20)22-4/h3-6,8,12-18H,1-2H2/b9-7-/t3-,4+,5-,6+,8-/m1/s1. The monoisotopic (exact) mass is 324 g/mol. The molecule has 0 amide bonds. The lowest BCUT2D eigenvalue weighted by molar-refractivity contribution is -0.154. The summed E-state index contributed by atoms with van der Waals surface area (Å²) in [7, 11) is 0. The molecule has 0 aromatic heterocycles. The van der Waals surface area contributed by atoms with Gasteiger partial charge in [-0.1, -0.05) is 0 Å². The van der Waals surface area contributed by atoms with Crippen LogP contribution in [0, 0.1) is 0 Å². The summed E-state index contributed by atoms with van der Waals surface area (Å²) in [6.07, 6.45) is -8.77. The van der Waals surface area contributed by atoms with Crippen molar-refractivity contribution in [2.75, 3.05) is 13.2 Å². The highest BCUT2D eigenvalue weighted by atomic mass is 16.6. The van der Waals surface area contributed by atoms with E-state index in [1.165, 1.54) is 0 Å². The Bertz CT molecular complexity index is 459. The average Bonchev–Trinajstić information content (AvgIpc) is 2.76. The number of hydrogen-bond acceptors (Lipinski definition) is 11. The van der Waals surface area contributed by atoms with Gasteiger partial charge in [-0.05, 0) is 0 Å². The van der Waals surface area contributed by atoms with Gasteiger partial charge in [0.05, 0.1) is 6.61 Å². The van der Waals surface area contributed by atoms with Crippen LogP contribution in [0.5, 0.6) is 0 Å². The molecule has 0 saturated carbocycles. The normalized spacial score (nSPS) is 28.6. The van der Waals surface area contributed by atoms with Crippen molar-refractivity contribution in [3.8, 4) is 0 Å². The van der Waals surface area contributed by atoms with Crippen LogP contribution in [0.2, 0.25) is 0 Å². The first-order valence-electron chi connectivity index (χ1n) is 6.03. The Morgan fingerprint density at radius 2 is 1.86 bits per heavy atom. The molecule has 0 bridgehead atoms. The van der Waals surface area contributed by atoms with Gasteiger partial charge < -0.3 is 45.2 Å². The number of rotatable bonds is 6. The van der Waals surface area contributed by atoms with E-state index in [-0.39, 0.29) is 0 Å². The summed E-state index contributed by atoms with van der Waals surface area (Å²) >= 11 is 0. The van der Waals surface area contributed by atoms with Gasteiger partial charge in [-0.3, -0.25) is 0 Å². The minimum absolute atomic E-state index is 0.737. The van der Waals surface area contributed by atoms with Gasteiger partial charge in [-0.15, -0.1) is 0 Å². The number of esters is 2. The van der Waals surface area contributed by atoms with E-state index < -0.39 is 67.2 Å². The molecule has 1 saturated heterocycles. The molecule has 1 rings (SSSR count). The molecule has 7 N–H and O–H groups in total. The quantitative estimate of drug-likeness (QED) is 0.144. The maximum Gasteiger partial charge on any atom is 0.377 e. The van der Waals surface area contributed by atoms with Crippen LogP contribution < -0.4 is 0 Å². The molecule has 1 aliphatic heterocycles. The Labute approximate surface area is 123 Å². The first kappa shape index (κ1) is 18.1. The van der Waals surface area contributed by atoms with Crippen molar-refractivity contribution >= 4 is 11.9 Å². The molecule has 11 heteroatoms. The highest BCUT2D eigenvalue weighted by Gasteiger charge is 2.43. The van der Waals surface area contributed by atoms with Gasteiger partial charge in [-0.25, -0.2) is 9.59 Å². The fourth-order valence-corrected chi connectivity index (χ4v) is 1.52. The smallest absolute Gasteiger partial charge is 0.377 e. The van der Waals surface area contributed by atoms with E-state index in [2.05, 4.69) is 9.47 Å². The lowest BCUT2D eigenvalue weighted by atomic mass is 10.1. The molecule has 1 fully saturated rings. The molecule has 0 spiro atoms. The molecule has 0 radical (unpaired) electrons. The summed E-state index contributed by atoms with van der Waals surface area (Å²) in [6, 6.07) is 0. The predicted octanol–water partition coefficient (Wildman–Crippen LogP) is -3.78. The van der Waals surface area contributed by atoms with Gasteiger partial charge in [-0.2, -0.15) is 0 Å². The second-order valence-electron chi connectivity index (χ2n) is 4.44.